The number of rotatable bonds is 3. The summed E-state index contributed by atoms with van der Waals surface area (Å²) in [6, 6.07) is -0.236. The number of carbonyl (C=O) groups excluding carboxylic acids is 1. The molecule has 140 valence electrons. The van der Waals surface area contributed by atoms with Gasteiger partial charge in [-0.2, -0.15) is 4.98 Å². The maximum atomic E-state index is 12.4. The minimum atomic E-state index is -0.536. The lowest BCUT2D eigenvalue weighted by molar-refractivity contribution is 0.0217. The number of hydrogen-bond donors (Lipinski definition) is 0. The first-order valence-corrected chi connectivity index (χ1v) is 9.20. The monoisotopic (exact) mass is 360 g/mol. The molecule has 1 aliphatic heterocycles. The number of ether oxygens (including phenoxy) is 1. The highest BCUT2D eigenvalue weighted by molar-refractivity contribution is 5.69. The number of amides is 1. The first-order chi connectivity index (χ1) is 12.4. The molecule has 1 unspecified atom stereocenters. The van der Waals surface area contributed by atoms with E-state index in [1.165, 1.54) is 6.42 Å². The lowest BCUT2D eigenvalue weighted by atomic mass is 9.85. The molecule has 8 heteroatoms. The van der Waals surface area contributed by atoms with Gasteiger partial charge >= 0.3 is 6.09 Å². The summed E-state index contributed by atoms with van der Waals surface area (Å²) in [4.78, 5) is 23.0. The van der Waals surface area contributed by atoms with Crippen molar-refractivity contribution in [1.29, 1.82) is 0 Å². The number of likely N-dealkylation sites (tertiary alicyclic amines) is 1. The third-order valence-electron chi connectivity index (χ3n) is 4.82. The van der Waals surface area contributed by atoms with Crippen LogP contribution in [0.25, 0.3) is 11.6 Å². The van der Waals surface area contributed by atoms with E-state index >= 15 is 0 Å². The molecule has 0 spiro atoms. The largest absolute Gasteiger partial charge is 0.448 e. The number of aromatic nitrogens is 3. The summed E-state index contributed by atoms with van der Waals surface area (Å²) in [5.41, 5.74) is 0.0121. The molecule has 1 amide bonds. The SMILES string of the molecule is CC(C)(C)OC(=O)N1CCCC1c1noc(-c2coc(C3CCC3)n2)n1. The van der Waals surface area contributed by atoms with Crippen molar-refractivity contribution in [3.63, 3.8) is 0 Å². The van der Waals surface area contributed by atoms with Crippen molar-refractivity contribution in [2.45, 2.75) is 70.4 Å². The summed E-state index contributed by atoms with van der Waals surface area (Å²) in [5, 5.41) is 4.07. The predicted octanol–water partition coefficient (Wildman–Crippen LogP) is 4.06. The topological polar surface area (TPSA) is 94.5 Å². The Bertz CT molecular complexity index is 787. The molecule has 1 atom stereocenters. The molecule has 0 radical (unpaired) electrons. The maximum Gasteiger partial charge on any atom is 0.410 e. The van der Waals surface area contributed by atoms with Crippen molar-refractivity contribution in [1.82, 2.24) is 20.0 Å². The Morgan fingerprint density at radius 3 is 2.73 bits per heavy atom. The van der Waals surface area contributed by atoms with Gasteiger partial charge < -0.3 is 13.7 Å². The molecule has 2 fully saturated rings. The first-order valence-electron chi connectivity index (χ1n) is 9.20. The van der Waals surface area contributed by atoms with Crippen LogP contribution >= 0.6 is 0 Å². The molecule has 3 heterocycles. The number of nitrogens with zero attached hydrogens (tertiary/aromatic N) is 4. The van der Waals surface area contributed by atoms with Gasteiger partial charge in [0, 0.05) is 12.5 Å². The van der Waals surface area contributed by atoms with Crippen LogP contribution in [0.5, 0.6) is 0 Å². The van der Waals surface area contributed by atoms with Gasteiger partial charge in [0.15, 0.2) is 17.4 Å². The van der Waals surface area contributed by atoms with E-state index in [9.17, 15) is 4.79 Å². The smallest absolute Gasteiger partial charge is 0.410 e. The van der Waals surface area contributed by atoms with Gasteiger partial charge in [0.05, 0.1) is 6.04 Å². The number of oxazole rings is 1. The van der Waals surface area contributed by atoms with Crippen LogP contribution in [0.15, 0.2) is 15.2 Å². The number of carbonyl (C=O) groups is 1. The Morgan fingerprint density at radius 2 is 2.04 bits per heavy atom. The van der Waals surface area contributed by atoms with Gasteiger partial charge in [-0.15, -0.1) is 0 Å². The van der Waals surface area contributed by atoms with E-state index in [2.05, 4.69) is 15.1 Å². The van der Waals surface area contributed by atoms with Crippen LogP contribution in [-0.2, 0) is 4.74 Å². The second kappa shape index (κ2) is 6.41. The fourth-order valence-corrected chi connectivity index (χ4v) is 3.28. The zero-order valence-corrected chi connectivity index (χ0v) is 15.4. The molecule has 0 N–H and O–H groups in total. The van der Waals surface area contributed by atoms with Crippen LogP contribution in [0.1, 0.15) is 76.6 Å². The van der Waals surface area contributed by atoms with Crippen LogP contribution in [0, 0.1) is 0 Å². The fourth-order valence-electron chi connectivity index (χ4n) is 3.28. The van der Waals surface area contributed by atoms with Crippen molar-refractivity contribution in [2.24, 2.45) is 0 Å². The normalized spacial score (nSPS) is 21.0. The summed E-state index contributed by atoms with van der Waals surface area (Å²) >= 11 is 0. The van der Waals surface area contributed by atoms with Gasteiger partial charge in [-0.3, -0.25) is 4.90 Å². The quantitative estimate of drug-likeness (QED) is 0.814. The summed E-state index contributed by atoms with van der Waals surface area (Å²) in [6.45, 7) is 6.19. The van der Waals surface area contributed by atoms with E-state index in [1.807, 2.05) is 20.8 Å². The highest BCUT2D eigenvalue weighted by Crippen LogP contribution is 2.37. The molecule has 1 saturated heterocycles. The Hall–Kier alpha value is -2.38. The second-order valence-electron chi connectivity index (χ2n) is 7.99. The highest BCUT2D eigenvalue weighted by atomic mass is 16.6. The van der Waals surface area contributed by atoms with Crippen LogP contribution in [0.4, 0.5) is 4.79 Å². The minimum Gasteiger partial charge on any atom is -0.448 e. The predicted molar refractivity (Wildman–Crippen MR) is 91.3 cm³/mol. The zero-order chi connectivity index (χ0) is 18.3. The van der Waals surface area contributed by atoms with Crippen molar-refractivity contribution in [2.75, 3.05) is 6.54 Å². The summed E-state index contributed by atoms with van der Waals surface area (Å²) in [5.74, 6) is 1.95. The third-order valence-corrected chi connectivity index (χ3v) is 4.82. The van der Waals surface area contributed by atoms with Gasteiger partial charge in [-0.1, -0.05) is 11.6 Å². The number of hydrogen-bond acceptors (Lipinski definition) is 7. The molecule has 4 rings (SSSR count). The van der Waals surface area contributed by atoms with Crippen molar-refractivity contribution in [3.05, 3.63) is 18.0 Å². The Balaban J connectivity index is 1.49. The molecular formula is C18H24N4O4. The molecular weight excluding hydrogens is 336 g/mol. The molecule has 0 bridgehead atoms. The van der Waals surface area contributed by atoms with Crippen molar-refractivity contribution in [3.8, 4) is 11.6 Å². The van der Waals surface area contributed by atoms with Crippen LogP contribution in [-0.4, -0.2) is 38.3 Å². The van der Waals surface area contributed by atoms with Crippen LogP contribution < -0.4 is 0 Å². The van der Waals surface area contributed by atoms with Gasteiger partial charge in [0.2, 0.25) is 0 Å². The lowest BCUT2D eigenvalue weighted by Crippen LogP contribution is -2.36. The van der Waals surface area contributed by atoms with E-state index in [4.69, 9.17) is 13.7 Å². The zero-order valence-electron chi connectivity index (χ0n) is 15.4. The standard InChI is InChI=1S/C18H24N4O4/c1-18(2,3)25-17(23)22-9-5-8-13(22)14-20-16(26-21-14)12-10-24-15(19-12)11-6-4-7-11/h10-11,13H,4-9H2,1-3H3. The van der Waals surface area contributed by atoms with Crippen molar-refractivity contribution < 1.29 is 18.5 Å². The molecule has 1 saturated carbocycles. The molecule has 2 aromatic heterocycles. The molecule has 0 aromatic carbocycles. The summed E-state index contributed by atoms with van der Waals surface area (Å²) < 4.78 is 16.4. The van der Waals surface area contributed by atoms with E-state index in [-0.39, 0.29) is 12.1 Å². The molecule has 26 heavy (non-hydrogen) atoms. The van der Waals surface area contributed by atoms with Gasteiger partial charge in [-0.05, 0) is 46.5 Å². The van der Waals surface area contributed by atoms with Crippen molar-refractivity contribution >= 4 is 6.09 Å². The summed E-state index contributed by atoms with van der Waals surface area (Å²) in [7, 11) is 0. The molecule has 2 aliphatic rings. The van der Waals surface area contributed by atoms with E-state index in [1.54, 1.807) is 11.2 Å². The van der Waals surface area contributed by atoms with Gasteiger partial charge in [0.1, 0.15) is 11.9 Å². The van der Waals surface area contributed by atoms with Gasteiger partial charge in [0.25, 0.3) is 5.89 Å². The molecule has 1 aliphatic carbocycles. The maximum absolute atomic E-state index is 12.4. The summed E-state index contributed by atoms with van der Waals surface area (Å²) in [6.07, 6.45) is 6.32. The lowest BCUT2D eigenvalue weighted by Gasteiger charge is -2.27. The third kappa shape index (κ3) is 3.32. The Kier molecular flexibility index (Phi) is 4.20. The molecule has 8 nitrogen and oxygen atoms in total. The Labute approximate surface area is 151 Å². The molecule has 2 aromatic rings. The van der Waals surface area contributed by atoms with E-state index in [0.29, 0.717) is 29.9 Å². The van der Waals surface area contributed by atoms with Gasteiger partial charge in [-0.25, -0.2) is 9.78 Å². The van der Waals surface area contributed by atoms with E-state index in [0.717, 1.165) is 31.6 Å². The second-order valence-corrected chi connectivity index (χ2v) is 7.99. The Morgan fingerprint density at radius 1 is 1.23 bits per heavy atom. The average Bonchev–Trinajstić information content (AvgIpc) is 3.23. The van der Waals surface area contributed by atoms with Crippen LogP contribution in [0.2, 0.25) is 0 Å². The highest BCUT2D eigenvalue weighted by Gasteiger charge is 2.36. The van der Waals surface area contributed by atoms with E-state index < -0.39 is 5.60 Å². The average molecular weight is 360 g/mol. The first kappa shape index (κ1) is 17.1. The minimum absolute atomic E-state index is 0.236. The fraction of sp³-hybridized carbons (Fsp3) is 0.667. The van der Waals surface area contributed by atoms with Crippen LogP contribution in [0.3, 0.4) is 0 Å².